The maximum absolute atomic E-state index is 13.0. The quantitative estimate of drug-likeness (QED) is 0.410. The fourth-order valence-corrected chi connectivity index (χ4v) is 1.08. The molecule has 1 aromatic rings. The fraction of sp³-hybridized carbons (Fsp3) is 0.111. The van der Waals surface area contributed by atoms with Crippen molar-refractivity contribution in [3.05, 3.63) is 41.5 Å². The van der Waals surface area contributed by atoms with Crippen LogP contribution in [0.4, 0.5) is 17.6 Å². The number of benzene rings is 1. The Bertz CT molecular complexity index is 361. The first-order chi connectivity index (χ1) is 6.49. The van der Waals surface area contributed by atoms with Crippen LogP contribution in [0, 0.1) is 23.3 Å². The van der Waals surface area contributed by atoms with E-state index >= 15 is 0 Å². The van der Waals surface area contributed by atoms with Crippen LogP contribution in [0.15, 0.2) is 12.6 Å². The second-order valence-electron chi connectivity index (χ2n) is 2.58. The van der Waals surface area contributed by atoms with Crippen LogP contribution in [0.3, 0.4) is 0 Å². The standard InChI is InChI=1S/C9H5ClF4/c1-4(3-10)7-8(13)5(11)2-6(12)9(7)14/h2H,1,3H2. The average molecular weight is 225 g/mol. The number of allylic oxidation sites excluding steroid dienone is 1. The van der Waals surface area contributed by atoms with E-state index in [1.165, 1.54) is 0 Å². The van der Waals surface area contributed by atoms with Gasteiger partial charge in [0.1, 0.15) is 0 Å². The van der Waals surface area contributed by atoms with Gasteiger partial charge in [-0.25, -0.2) is 17.6 Å². The molecule has 1 rings (SSSR count). The fourth-order valence-electron chi connectivity index (χ4n) is 0.950. The minimum Gasteiger partial charge on any atom is -0.204 e. The maximum atomic E-state index is 13.0. The lowest BCUT2D eigenvalue weighted by Gasteiger charge is -2.06. The largest absolute Gasteiger partial charge is 0.204 e. The van der Waals surface area contributed by atoms with Crippen LogP contribution in [-0.2, 0) is 0 Å². The van der Waals surface area contributed by atoms with Crippen LogP contribution < -0.4 is 0 Å². The Morgan fingerprint density at radius 2 is 1.57 bits per heavy atom. The molecule has 0 aliphatic carbocycles. The van der Waals surface area contributed by atoms with Crippen molar-refractivity contribution in [1.29, 1.82) is 0 Å². The first-order valence-corrected chi connectivity index (χ1v) is 4.09. The van der Waals surface area contributed by atoms with E-state index in [0.717, 1.165) is 0 Å². The SMILES string of the molecule is C=C(CCl)c1c(F)c(F)cc(F)c1F. The van der Waals surface area contributed by atoms with Gasteiger partial charge >= 0.3 is 0 Å². The summed E-state index contributed by atoms with van der Waals surface area (Å²) in [7, 11) is 0. The highest BCUT2D eigenvalue weighted by Gasteiger charge is 2.20. The number of halogens is 5. The molecule has 0 nitrogen and oxygen atoms in total. The summed E-state index contributed by atoms with van der Waals surface area (Å²) < 4.78 is 51.3. The van der Waals surface area contributed by atoms with Crippen molar-refractivity contribution in [2.75, 3.05) is 5.88 Å². The van der Waals surface area contributed by atoms with Gasteiger partial charge in [0.2, 0.25) is 0 Å². The molecule has 0 bridgehead atoms. The summed E-state index contributed by atoms with van der Waals surface area (Å²) in [5, 5.41) is 0. The van der Waals surface area contributed by atoms with Gasteiger partial charge in [0.25, 0.3) is 0 Å². The zero-order valence-corrected chi connectivity index (χ0v) is 7.64. The van der Waals surface area contributed by atoms with Gasteiger partial charge in [-0.05, 0) is 5.57 Å². The summed E-state index contributed by atoms with van der Waals surface area (Å²) in [6.07, 6.45) is 0. The Hall–Kier alpha value is -1.03. The number of rotatable bonds is 2. The van der Waals surface area contributed by atoms with E-state index < -0.39 is 28.8 Å². The molecule has 76 valence electrons. The highest BCUT2D eigenvalue weighted by Crippen LogP contribution is 2.25. The predicted molar refractivity (Wildman–Crippen MR) is 46.0 cm³/mol. The van der Waals surface area contributed by atoms with Gasteiger partial charge < -0.3 is 0 Å². The first kappa shape index (κ1) is 11.0. The third-order valence-electron chi connectivity index (χ3n) is 1.63. The minimum absolute atomic E-state index is 0.135. The third kappa shape index (κ3) is 1.75. The summed E-state index contributed by atoms with van der Waals surface area (Å²) in [5.41, 5.74) is -1.04. The Balaban J connectivity index is 3.47. The maximum Gasteiger partial charge on any atom is 0.169 e. The van der Waals surface area contributed by atoms with Gasteiger partial charge in [-0.3, -0.25) is 0 Å². The highest BCUT2D eigenvalue weighted by molar-refractivity contribution is 6.23. The van der Waals surface area contributed by atoms with Gasteiger partial charge in [-0.1, -0.05) is 6.58 Å². The Kier molecular flexibility index (Phi) is 3.16. The average Bonchev–Trinajstić information content (AvgIpc) is 2.15. The molecule has 0 aliphatic rings. The Morgan fingerprint density at radius 1 is 1.14 bits per heavy atom. The van der Waals surface area contributed by atoms with E-state index in [1.807, 2.05) is 0 Å². The van der Waals surface area contributed by atoms with Crippen LogP contribution in [0.25, 0.3) is 5.57 Å². The summed E-state index contributed by atoms with van der Waals surface area (Å²) in [6, 6.07) is 0.135. The topological polar surface area (TPSA) is 0 Å². The molecular formula is C9H5ClF4. The zero-order valence-electron chi connectivity index (χ0n) is 6.88. The van der Waals surface area contributed by atoms with Crippen molar-refractivity contribution in [2.24, 2.45) is 0 Å². The van der Waals surface area contributed by atoms with Gasteiger partial charge in [0, 0.05) is 11.9 Å². The van der Waals surface area contributed by atoms with E-state index in [2.05, 4.69) is 6.58 Å². The van der Waals surface area contributed by atoms with Crippen molar-refractivity contribution in [1.82, 2.24) is 0 Å². The Labute approximate surface area is 82.8 Å². The van der Waals surface area contributed by atoms with Crippen molar-refractivity contribution in [3.8, 4) is 0 Å². The molecular weight excluding hydrogens is 220 g/mol. The van der Waals surface area contributed by atoms with E-state index in [1.54, 1.807) is 0 Å². The molecule has 0 radical (unpaired) electrons. The molecule has 0 fully saturated rings. The van der Waals surface area contributed by atoms with Crippen molar-refractivity contribution >= 4 is 17.2 Å². The van der Waals surface area contributed by atoms with Gasteiger partial charge in [-0.2, -0.15) is 0 Å². The molecule has 1 aromatic carbocycles. The number of alkyl halides is 1. The monoisotopic (exact) mass is 224 g/mol. The molecule has 0 aromatic heterocycles. The number of hydrogen-bond donors (Lipinski definition) is 0. The predicted octanol–water partition coefficient (Wildman–Crippen LogP) is 3.50. The molecule has 0 heterocycles. The van der Waals surface area contributed by atoms with Crippen LogP contribution >= 0.6 is 11.6 Å². The van der Waals surface area contributed by atoms with Crippen molar-refractivity contribution in [3.63, 3.8) is 0 Å². The normalized spacial score (nSPS) is 10.4. The zero-order chi connectivity index (χ0) is 10.9. The van der Waals surface area contributed by atoms with Gasteiger partial charge in [0.15, 0.2) is 23.3 Å². The highest BCUT2D eigenvalue weighted by atomic mass is 35.5. The second-order valence-corrected chi connectivity index (χ2v) is 2.85. The summed E-state index contributed by atoms with van der Waals surface area (Å²) in [5.74, 6) is -6.20. The van der Waals surface area contributed by atoms with Crippen LogP contribution in [0.2, 0.25) is 0 Å². The first-order valence-electron chi connectivity index (χ1n) is 3.56. The lowest BCUT2D eigenvalue weighted by atomic mass is 10.1. The van der Waals surface area contributed by atoms with E-state index in [4.69, 9.17) is 11.6 Å². The molecule has 0 spiro atoms. The van der Waals surface area contributed by atoms with E-state index in [0.29, 0.717) is 0 Å². The lowest BCUT2D eigenvalue weighted by molar-refractivity contribution is 0.450. The van der Waals surface area contributed by atoms with Crippen LogP contribution in [0.1, 0.15) is 5.56 Å². The molecule has 14 heavy (non-hydrogen) atoms. The minimum atomic E-state index is -1.48. The van der Waals surface area contributed by atoms with Gasteiger partial charge in [-0.15, -0.1) is 11.6 Å². The number of hydrogen-bond acceptors (Lipinski definition) is 0. The molecule has 0 amide bonds. The van der Waals surface area contributed by atoms with Crippen LogP contribution in [-0.4, -0.2) is 5.88 Å². The van der Waals surface area contributed by atoms with E-state index in [-0.39, 0.29) is 17.5 Å². The summed E-state index contributed by atoms with van der Waals surface area (Å²) in [6.45, 7) is 3.20. The second kappa shape index (κ2) is 4.00. The van der Waals surface area contributed by atoms with E-state index in [9.17, 15) is 17.6 Å². The molecule has 0 aliphatic heterocycles. The Morgan fingerprint density at radius 3 is 1.93 bits per heavy atom. The molecule has 0 unspecified atom stereocenters. The third-order valence-corrected chi connectivity index (χ3v) is 1.95. The summed E-state index contributed by atoms with van der Waals surface area (Å²) >= 11 is 5.26. The molecule has 0 saturated carbocycles. The van der Waals surface area contributed by atoms with Gasteiger partial charge in [0.05, 0.1) is 5.56 Å². The smallest absolute Gasteiger partial charge is 0.169 e. The van der Waals surface area contributed by atoms with Crippen molar-refractivity contribution < 1.29 is 17.6 Å². The van der Waals surface area contributed by atoms with Crippen molar-refractivity contribution in [2.45, 2.75) is 0 Å². The lowest BCUT2D eigenvalue weighted by Crippen LogP contribution is -2.02. The molecule has 5 heteroatoms. The molecule has 0 N–H and O–H groups in total. The summed E-state index contributed by atoms with van der Waals surface area (Å²) in [4.78, 5) is 0. The molecule has 0 atom stereocenters. The van der Waals surface area contributed by atoms with Crippen LogP contribution in [0.5, 0.6) is 0 Å². The molecule has 0 saturated heterocycles.